The highest BCUT2D eigenvalue weighted by atomic mass is 32.2. The van der Waals surface area contributed by atoms with Crippen molar-refractivity contribution < 1.29 is 13.6 Å². The van der Waals surface area contributed by atoms with Crippen LogP contribution in [0.2, 0.25) is 0 Å². The summed E-state index contributed by atoms with van der Waals surface area (Å²) in [6.45, 7) is 3.04. The molecule has 2 N–H and O–H groups in total. The van der Waals surface area contributed by atoms with Gasteiger partial charge in [-0.15, -0.1) is 10.2 Å². The molecule has 2 aromatic rings. The summed E-state index contributed by atoms with van der Waals surface area (Å²) < 4.78 is 26.5. The van der Waals surface area contributed by atoms with Crippen molar-refractivity contribution in [1.29, 1.82) is 0 Å². The normalized spacial score (nSPS) is 12.0. The number of amides is 1. The first-order chi connectivity index (χ1) is 10.4. The van der Waals surface area contributed by atoms with Crippen molar-refractivity contribution in [3.05, 3.63) is 45.9 Å². The van der Waals surface area contributed by atoms with E-state index in [1.807, 2.05) is 0 Å². The molecular formula is C13H12F2N4O2S. The van der Waals surface area contributed by atoms with E-state index in [9.17, 15) is 18.4 Å². The fourth-order valence-electron chi connectivity index (χ4n) is 1.48. The molecule has 1 amide bonds. The predicted octanol–water partition coefficient (Wildman–Crippen LogP) is 1.87. The molecule has 9 heteroatoms. The van der Waals surface area contributed by atoms with Gasteiger partial charge in [-0.3, -0.25) is 14.6 Å². The molecule has 2 rings (SSSR count). The van der Waals surface area contributed by atoms with Crippen LogP contribution in [0, 0.1) is 18.6 Å². The number of benzene rings is 1. The molecule has 0 saturated carbocycles. The van der Waals surface area contributed by atoms with Gasteiger partial charge in [0, 0.05) is 6.07 Å². The van der Waals surface area contributed by atoms with E-state index < -0.39 is 28.4 Å². The van der Waals surface area contributed by atoms with E-state index in [2.05, 4.69) is 20.5 Å². The van der Waals surface area contributed by atoms with Crippen LogP contribution in [0.3, 0.4) is 0 Å². The summed E-state index contributed by atoms with van der Waals surface area (Å²) in [4.78, 5) is 25.8. The highest BCUT2D eigenvalue weighted by molar-refractivity contribution is 8.00. The van der Waals surface area contributed by atoms with Crippen molar-refractivity contribution >= 4 is 23.4 Å². The van der Waals surface area contributed by atoms with Crippen LogP contribution >= 0.6 is 11.8 Å². The van der Waals surface area contributed by atoms with Crippen LogP contribution in [0.1, 0.15) is 12.6 Å². The minimum Gasteiger partial charge on any atom is -0.323 e. The molecule has 1 unspecified atom stereocenters. The molecule has 0 bridgehead atoms. The number of carbonyl (C=O) groups excluding carboxylic acids is 1. The van der Waals surface area contributed by atoms with Crippen LogP contribution in [0.15, 0.2) is 28.2 Å². The Morgan fingerprint density at radius 1 is 1.36 bits per heavy atom. The van der Waals surface area contributed by atoms with E-state index in [0.29, 0.717) is 0 Å². The van der Waals surface area contributed by atoms with E-state index in [-0.39, 0.29) is 16.5 Å². The van der Waals surface area contributed by atoms with Gasteiger partial charge in [0.15, 0.2) is 5.16 Å². The number of H-pyrrole nitrogens is 1. The molecule has 0 aliphatic carbocycles. The van der Waals surface area contributed by atoms with Crippen LogP contribution in [0.5, 0.6) is 0 Å². The maximum Gasteiger partial charge on any atom is 0.273 e. The number of rotatable bonds is 4. The summed E-state index contributed by atoms with van der Waals surface area (Å²) in [7, 11) is 0. The van der Waals surface area contributed by atoms with Crippen molar-refractivity contribution in [3.8, 4) is 0 Å². The molecule has 1 aromatic carbocycles. The Morgan fingerprint density at radius 2 is 2.09 bits per heavy atom. The smallest absolute Gasteiger partial charge is 0.273 e. The third-order valence-corrected chi connectivity index (χ3v) is 3.66. The number of aryl methyl sites for hydroxylation is 1. The summed E-state index contributed by atoms with van der Waals surface area (Å²) in [6.07, 6.45) is 0. The average Bonchev–Trinajstić information content (AvgIpc) is 2.46. The largest absolute Gasteiger partial charge is 0.323 e. The summed E-state index contributed by atoms with van der Waals surface area (Å²) in [5.74, 6) is -1.96. The highest BCUT2D eigenvalue weighted by Crippen LogP contribution is 2.21. The van der Waals surface area contributed by atoms with E-state index in [0.717, 1.165) is 30.0 Å². The number of aromatic nitrogens is 3. The number of halogens is 2. The van der Waals surface area contributed by atoms with Crippen molar-refractivity contribution in [2.45, 2.75) is 24.3 Å². The zero-order valence-electron chi connectivity index (χ0n) is 11.7. The molecule has 1 atom stereocenters. The number of carbonyl (C=O) groups is 1. The fourth-order valence-corrected chi connectivity index (χ4v) is 2.22. The Morgan fingerprint density at radius 3 is 2.77 bits per heavy atom. The lowest BCUT2D eigenvalue weighted by atomic mass is 10.3. The third-order valence-electron chi connectivity index (χ3n) is 2.68. The van der Waals surface area contributed by atoms with E-state index >= 15 is 0 Å². The first kappa shape index (κ1) is 16.1. The van der Waals surface area contributed by atoms with Crippen molar-refractivity contribution in [2.75, 3.05) is 5.32 Å². The second kappa shape index (κ2) is 6.65. The number of nitrogens with zero attached hydrogens (tertiary/aromatic N) is 2. The minimum atomic E-state index is -0.740. The molecule has 0 aliphatic heterocycles. The maximum absolute atomic E-state index is 13.5. The molecule has 1 heterocycles. The molecule has 0 spiro atoms. The van der Waals surface area contributed by atoms with Gasteiger partial charge in [0.05, 0.1) is 10.9 Å². The molecular weight excluding hydrogens is 314 g/mol. The summed E-state index contributed by atoms with van der Waals surface area (Å²) in [6, 6.07) is 2.76. The minimum absolute atomic E-state index is 0.165. The van der Waals surface area contributed by atoms with Crippen LogP contribution in [0.25, 0.3) is 0 Å². The SMILES string of the molecule is Cc1nnc(SC(C)C(=O)Nc2cc(F)ccc2F)[nH]c1=O. The zero-order chi connectivity index (χ0) is 16.3. The topological polar surface area (TPSA) is 87.7 Å². The lowest BCUT2D eigenvalue weighted by Crippen LogP contribution is -2.24. The van der Waals surface area contributed by atoms with Gasteiger partial charge >= 0.3 is 0 Å². The average molecular weight is 326 g/mol. The Hall–Kier alpha value is -2.29. The van der Waals surface area contributed by atoms with Crippen molar-refractivity contribution in [1.82, 2.24) is 15.2 Å². The number of hydrogen-bond donors (Lipinski definition) is 2. The Labute approximate surface area is 128 Å². The standard InChI is InChI=1S/C13H12F2N4O2S/c1-6-11(20)17-13(19-18-6)22-7(2)12(21)16-10-5-8(14)3-4-9(10)15/h3-5,7H,1-2H3,(H,16,21)(H,17,19,20). The summed E-state index contributed by atoms with van der Waals surface area (Å²) in [5, 5.41) is 9.14. The Bertz CT molecular complexity index is 766. The summed E-state index contributed by atoms with van der Waals surface area (Å²) in [5.41, 5.74) is -0.439. The molecule has 0 fully saturated rings. The monoisotopic (exact) mass is 326 g/mol. The molecule has 6 nitrogen and oxygen atoms in total. The van der Waals surface area contributed by atoms with Crippen molar-refractivity contribution in [3.63, 3.8) is 0 Å². The molecule has 0 aliphatic rings. The van der Waals surface area contributed by atoms with E-state index in [1.165, 1.54) is 13.8 Å². The number of anilines is 1. The number of thioether (sulfide) groups is 1. The van der Waals surface area contributed by atoms with Crippen LogP contribution in [-0.2, 0) is 4.79 Å². The fraction of sp³-hybridized carbons (Fsp3) is 0.231. The Balaban J connectivity index is 2.07. The van der Waals surface area contributed by atoms with Gasteiger partial charge in [0.2, 0.25) is 5.91 Å². The zero-order valence-corrected chi connectivity index (χ0v) is 12.5. The first-order valence-electron chi connectivity index (χ1n) is 6.23. The van der Waals surface area contributed by atoms with Gasteiger partial charge in [-0.1, -0.05) is 11.8 Å². The maximum atomic E-state index is 13.5. The van der Waals surface area contributed by atoms with Crippen LogP contribution in [-0.4, -0.2) is 26.3 Å². The lowest BCUT2D eigenvalue weighted by molar-refractivity contribution is -0.115. The van der Waals surface area contributed by atoms with E-state index in [1.54, 1.807) is 0 Å². The van der Waals surface area contributed by atoms with Gasteiger partial charge in [0.1, 0.15) is 17.3 Å². The van der Waals surface area contributed by atoms with Crippen molar-refractivity contribution in [2.24, 2.45) is 0 Å². The molecule has 0 radical (unpaired) electrons. The van der Waals surface area contributed by atoms with E-state index in [4.69, 9.17) is 0 Å². The number of hydrogen-bond acceptors (Lipinski definition) is 5. The highest BCUT2D eigenvalue weighted by Gasteiger charge is 2.18. The second-order valence-corrected chi connectivity index (χ2v) is 5.75. The molecule has 116 valence electrons. The van der Waals surface area contributed by atoms with Crippen LogP contribution < -0.4 is 10.9 Å². The Kier molecular flexibility index (Phi) is 4.86. The molecule has 0 saturated heterocycles. The lowest BCUT2D eigenvalue weighted by Gasteiger charge is -2.11. The van der Waals surface area contributed by atoms with Gasteiger partial charge in [-0.2, -0.15) is 0 Å². The van der Waals surface area contributed by atoms with Gasteiger partial charge < -0.3 is 5.32 Å². The number of nitrogens with one attached hydrogen (secondary N) is 2. The quantitative estimate of drug-likeness (QED) is 0.838. The third kappa shape index (κ3) is 3.88. The molecule has 1 aromatic heterocycles. The second-order valence-electron chi connectivity index (χ2n) is 4.42. The van der Waals surface area contributed by atoms with Gasteiger partial charge in [0.25, 0.3) is 5.56 Å². The van der Waals surface area contributed by atoms with Crippen LogP contribution in [0.4, 0.5) is 14.5 Å². The number of aromatic amines is 1. The predicted molar refractivity (Wildman–Crippen MR) is 77.7 cm³/mol. The van der Waals surface area contributed by atoms with Gasteiger partial charge in [-0.05, 0) is 26.0 Å². The first-order valence-corrected chi connectivity index (χ1v) is 7.11. The summed E-state index contributed by atoms with van der Waals surface area (Å²) >= 11 is 0.946. The molecule has 22 heavy (non-hydrogen) atoms. The van der Waals surface area contributed by atoms with Gasteiger partial charge in [-0.25, -0.2) is 8.78 Å².